The molecule has 0 saturated heterocycles. The SMILES string of the molecule is COc1cc2c(c(OC)c1OC)C(=O)N(CCCOC(C)C)C2C#N. The lowest BCUT2D eigenvalue weighted by Crippen LogP contribution is -2.29. The molecule has 7 nitrogen and oxygen atoms in total. The Kier molecular flexibility index (Phi) is 6.10. The molecule has 1 aliphatic rings. The fraction of sp³-hybridized carbons (Fsp3) is 0.556. The van der Waals surface area contributed by atoms with E-state index in [0.29, 0.717) is 47.9 Å². The second-order valence-electron chi connectivity index (χ2n) is 5.91. The number of carbonyl (C=O) groups is 1. The first-order chi connectivity index (χ1) is 12.0. The van der Waals surface area contributed by atoms with Gasteiger partial charge in [0.15, 0.2) is 11.5 Å². The van der Waals surface area contributed by atoms with Crippen LogP contribution in [0.1, 0.15) is 42.2 Å². The molecular weight excluding hydrogens is 324 g/mol. The Hall–Kier alpha value is -2.46. The lowest BCUT2D eigenvalue weighted by atomic mass is 10.0. The van der Waals surface area contributed by atoms with E-state index in [-0.39, 0.29) is 12.0 Å². The molecule has 0 aromatic heterocycles. The summed E-state index contributed by atoms with van der Waals surface area (Å²) in [5.41, 5.74) is 0.934. The van der Waals surface area contributed by atoms with Crippen LogP contribution in [0.3, 0.4) is 0 Å². The zero-order chi connectivity index (χ0) is 18.6. The zero-order valence-corrected chi connectivity index (χ0v) is 15.3. The largest absolute Gasteiger partial charge is 0.493 e. The van der Waals surface area contributed by atoms with E-state index >= 15 is 0 Å². The van der Waals surface area contributed by atoms with E-state index in [1.54, 1.807) is 6.07 Å². The number of ether oxygens (including phenoxy) is 4. The van der Waals surface area contributed by atoms with E-state index < -0.39 is 6.04 Å². The first-order valence-electron chi connectivity index (χ1n) is 8.15. The Morgan fingerprint density at radius 2 is 1.88 bits per heavy atom. The summed E-state index contributed by atoms with van der Waals surface area (Å²) in [6.07, 6.45) is 0.777. The van der Waals surface area contributed by atoms with Crippen molar-refractivity contribution in [1.29, 1.82) is 5.26 Å². The predicted octanol–water partition coefficient (Wildman–Crippen LogP) is 2.55. The van der Waals surface area contributed by atoms with E-state index in [0.717, 1.165) is 0 Å². The molecule has 0 aliphatic carbocycles. The van der Waals surface area contributed by atoms with Crippen LogP contribution in [0.4, 0.5) is 0 Å². The van der Waals surface area contributed by atoms with Crippen LogP contribution >= 0.6 is 0 Å². The molecule has 0 fully saturated rings. The number of benzene rings is 1. The summed E-state index contributed by atoms with van der Waals surface area (Å²) in [4.78, 5) is 14.4. The molecule has 1 aliphatic heterocycles. The summed E-state index contributed by atoms with van der Waals surface area (Å²) in [7, 11) is 4.45. The lowest BCUT2D eigenvalue weighted by Gasteiger charge is -2.20. The highest BCUT2D eigenvalue weighted by Crippen LogP contribution is 2.48. The summed E-state index contributed by atoms with van der Waals surface area (Å²) in [5.74, 6) is 0.821. The van der Waals surface area contributed by atoms with Gasteiger partial charge in [0, 0.05) is 18.7 Å². The van der Waals surface area contributed by atoms with Crippen LogP contribution in [-0.4, -0.2) is 51.4 Å². The van der Waals surface area contributed by atoms with Crippen molar-refractivity contribution in [3.05, 3.63) is 17.2 Å². The van der Waals surface area contributed by atoms with E-state index in [1.165, 1.54) is 26.2 Å². The highest BCUT2D eigenvalue weighted by atomic mass is 16.5. The molecular formula is C18H24N2O5. The van der Waals surface area contributed by atoms with Crippen molar-refractivity contribution in [3.63, 3.8) is 0 Å². The molecule has 0 spiro atoms. The van der Waals surface area contributed by atoms with E-state index in [1.807, 2.05) is 13.8 Å². The minimum atomic E-state index is -0.685. The van der Waals surface area contributed by atoms with Crippen LogP contribution in [0, 0.1) is 11.3 Å². The van der Waals surface area contributed by atoms with Gasteiger partial charge in [0.2, 0.25) is 5.75 Å². The first-order valence-corrected chi connectivity index (χ1v) is 8.15. The average molecular weight is 348 g/mol. The third kappa shape index (κ3) is 3.49. The number of methoxy groups -OCH3 is 3. The number of nitrogens with zero attached hydrogens (tertiary/aromatic N) is 2. The molecule has 1 unspecified atom stereocenters. The fourth-order valence-electron chi connectivity index (χ4n) is 2.96. The Bertz CT molecular complexity index is 681. The molecule has 0 bridgehead atoms. The summed E-state index contributed by atoms with van der Waals surface area (Å²) in [6.45, 7) is 4.86. The summed E-state index contributed by atoms with van der Waals surface area (Å²) in [5, 5.41) is 9.61. The Morgan fingerprint density at radius 1 is 1.20 bits per heavy atom. The molecule has 1 aromatic rings. The van der Waals surface area contributed by atoms with Crippen molar-refractivity contribution >= 4 is 5.91 Å². The van der Waals surface area contributed by atoms with Gasteiger partial charge in [-0.3, -0.25) is 4.79 Å². The Balaban J connectivity index is 2.37. The van der Waals surface area contributed by atoms with E-state index in [9.17, 15) is 10.1 Å². The Morgan fingerprint density at radius 3 is 2.40 bits per heavy atom. The lowest BCUT2D eigenvalue weighted by molar-refractivity contribution is 0.0610. The van der Waals surface area contributed by atoms with Gasteiger partial charge in [0.05, 0.1) is 39.1 Å². The average Bonchev–Trinajstić information content (AvgIpc) is 2.87. The van der Waals surface area contributed by atoms with Crippen LogP contribution in [0.15, 0.2) is 6.07 Å². The maximum atomic E-state index is 12.9. The summed E-state index contributed by atoms with van der Waals surface area (Å²) < 4.78 is 21.6. The van der Waals surface area contributed by atoms with Gasteiger partial charge in [0.1, 0.15) is 6.04 Å². The van der Waals surface area contributed by atoms with Gasteiger partial charge >= 0.3 is 0 Å². The number of amides is 1. The van der Waals surface area contributed by atoms with E-state index in [2.05, 4.69) is 6.07 Å². The van der Waals surface area contributed by atoms with Crippen LogP contribution in [-0.2, 0) is 4.74 Å². The van der Waals surface area contributed by atoms with Gasteiger partial charge < -0.3 is 23.8 Å². The van der Waals surface area contributed by atoms with E-state index in [4.69, 9.17) is 18.9 Å². The number of carbonyl (C=O) groups excluding carboxylic acids is 1. The van der Waals surface area contributed by atoms with Crippen molar-refractivity contribution in [3.8, 4) is 23.3 Å². The first kappa shape index (κ1) is 18.9. The smallest absolute Gasteiger partial charge is 0.259 e. The second kappa shape index (κ2) is 8.08. The molecule has 1 aromatic carbocycles. The topological polar surface area (TPSA) is 81.0 Å². The normalized spacial score (nSPS) is 16.0. The number of nitriles is 1. The molecule has 1 heterocycles. The number of hydrogen-bond acceptors (Lipinski definition) is 6. The molecule has 1 amide bonds. The van der Waals surface area contributed by atoms with Crippen molar-refractivity contribution in [2.75, 3.05) is 34.5 Å². The number of fused-ring (bicyclic) bond motifs is 1. The maximum absolute atomic E-state index is 12.9. The van der Waals surface area contributed by atoms with Gasteiger partial charge in [-0.1, -0.05) is 0 Å². The molecule has 1 atom stereocenters. The highest BCUT2D eigenvalue weighted by Gasteiger charge is 2.41. The van der Waals surface area contributed by atoms with Crippen molar-refractivity contribution in [1.82, 2.24) is 4.90 Å². The van der Waals surface area contributed by atoms with Crippen LogP contribution < -0.4 is 14.2 Å². The maximum Gasteiger partial charge on any atom is 0.259 e. The summed E-state index contributed by atoms with van der Waals surface area (Å²) >= 11 is 0. The van der Waals surface area contributed by atoms with Gasteiger partial charge in [-0.2, -0.15) is 5.26 Å². The number of rotatable bonds is 8. The zero-order valence-electron chi connectivity index (χ0n) is 15.3. The molecule has 25 heavy (non-hydrogen) atoms. The van der Waals surface area contributed by atoms with Crippen LogP contribution in [0.2, 0.25) is 0 Å². The van der Waals surface area contributed by atoms with Crippen molar-refractivity contribution in [2.45, 2.75) is 32.4 Å². The quantitative estimate of drug-likeness (QED) is 0.672. The highest BCUT2D eigenvalue weighted by molar-refractivity contribution is 6.03. The van der Waals surface area contributed by atoms with Crippen LogP contribution in [0.25, 0.3) is 0 Å². The molecule has 2 rings (SSSR count). The predicted molar refractivity (Wildman–Crippen MR) is 91.2 cm³/mol. The monoisotopic (exact) mass is 348 g/mol. The third-order valence-corrected chi connectivity index (χ3v) is 4.06. The van der Waals surface area contributed by atoms with Gasteiger partial charge in [-0.05, 0) is 26.3 Å². The second-order valence-corrected chi connectivity index (χ2v) is 5.91. The van der Waals surface area contributed by atoms with Gasteiger partial charge in [-0.15, -0.1) is 0 Å². The molecule has 0 radical (unpaired) electrons. The standard InChI is InChI=1S/C18H24N2O5/c1-11(2)25-8-6-7-20-13(10-19)12-9-14(22-3)16(23-4)17(24-5)15(12)18(20)21/h9,11,13H,6-8H2,1-5H3. The molecule has 136 valence electrons. The summed E-state index contributed by atoms with van der Waals surface area (Å²) in [6, 6.07) is 3.19. The minimum Gasteiger partial charge on any atom is -0.493 e. The minimum absolute atomic E-state index is 0.131. The Labute approximate surface area is 148 Å². The van der Waals surface area contributed by atoms with Gasteiger partial charge in [-0.25, -0.2) is 0 Å². The third-order valence-electron chi connectivity index (χ3n) is 4.06. The molecule has 0 N–H and O–H groups in total. The molecule has 7 heteroatoms. The van der Waals surface area contributed by atoms with Crippen molar-refractivity contribution < 1.29 is 23.7 Å². The van der Waals surface area contributed by atoms with Crippen molar-refractivity contribution in [2.24, 2.45) is 0 Å². The molecule has 0 saturated carbocycles. The van der Waals surface area contributed by atoms with Crippen LogP contribution in [0.5, 0.6) is 17.2 Å². The fourth-order valence-corrected chi connectivity index (χ4v) is 2.96. The number of hydrogen-bond donors (Lipinski definition) is 0. The van der Waals surface area contributed by atoms with Gasteiger partial charge in [0.25, 0.3) is 5.91 Å².